The van der Waals surface area contributed by atoms with Crippen LogP contribution in [-0.2, 0) is 98.0 Å². The van der Waals surface area contributed by atoms with Crippen molar-refractivity contribution in [2.75, 3.05) is 20.4 Å². The Morgan fingerprint density at radius 3 is 0.815 bits per heavy atom. The summed E-state index contributed by atoms with van der Waals surface area (Å²) in [6.07, 6.45) is -16.5. The van der Waals surface area contributed by atoms with Crippen LogP contribution in [-0.4, -0.2) is 107 Å². The molecule has 0 aliphatic heterocycles. The van der Waals surface area contributed by atoms with Crippen LogP contribution in [0.15, 0.2) is 0 Å². The number of carbonyl (C=O) groups is 6. The largest absolute Gasteiger partial charge is 0.475 e. The average molecular weight is 847 g/mol. The maximum atomic E-state index is 13.3. The van der Waals surface area contributed by atoms with E-state index in [-0.39, 0.29) is 19.3 Å². The monoisotopic (exact) mass is 846 g/mol. The van der Waals surface area contributed by atoms with Crippen molar-refractivity contribution in [2.45, 2.75) is 117 Å². The van der Waals surface area contributed by atoms with Crippen LogP contribution in [0.4, 0.5) is 0 Å². The zero-order valence-electron chi connectivity index (χ0n) is 30.1. The molecule has 27 heteroatoms. The number of hydrogen-bond acceptors (Lipinski definition) is 21. The molecule has 0 aromatic carbocycles. The first-order valence-corrected chi connectivity index (χ1v) is 20.7. The Morgan fingerprint density at radius 2 is 0.593 bits per heavy atom. The van der Waals surface area contributed by atoms with Crippen molar-refractivity contribution in [3.05, 3.63) is 0 Å². The normalized spacial score (nSPS) is 24.4. The van der Waals surface area contributed by atoms with Gasteiger partial charge in [-0.15, -0.1) is 0 Å². The van der Waals surface area contributed by atoms with Crippen molar-refractivity contribution >= 4 is 59.3 Å². The fourth-order valence-electron chi connectivity index (χ4n) is 3.92. The van der Waals surface area contributed by atoms with Crippen LogP contribution < -0.4 is 0 Å². The molecule has 1 fully saturated rings. The molecule has 1 rings (SSSR count). The molecule has 0 saturated heterocycles. The van der Waals surface area contributed by atoms with Gasteiger partial charge in [-0.05, 0) is 0 Å². The SMILES string of the molecule is CCC(=O)OCOP(=O)(O)OC1C(OC(=O)CC)C(OC(=O)CC)C(OC(=O)CC)C(OP(=O)(O)OCOC(=O)CC)C1OP(=O)(O)OCOC(=O)CC. The van der Waals surface area contributed by atoms with Gasteiger partial charge in [0.1, 0.15) is 18.3 Å². The van der Waals surface area contributed by atoms with Gasteiger partial charge in [0.15, 0.2) is 18.3 Å². The fraction of sp³-hybridized carbons (Fsp3) is 0.778. The Bertz CT molecular complexity index is 1360. The number of hydrogen-bond donors (Lipinski definition) is 3. The lowest BCUT2D eigenvalue weighted by atomic mass is 9.84. The Hall–Kier alpha value is -2.85. The first-order chi connectivity index (χ1) is 25.2. The van der Waals surface area contributed by atoms with E-state index in [1.54, 1.807) is 0 Å². The summed E-state index contributed by atoms with van der Waals surface area (Å²) in [6.45, 7) is 4.27. The van der Waals surface area contributed by atoms with E-state index in [9.17, 15) is 57.1 Å². The molecule has 0 spiro atoms. The molecule has 1 aliphatic rings. The molecular formula is C27H45O24P3. The van der Waals surface area contributed by atoms with E-state index in [1.807, 2.05) is 0 Å². The molecule has 0 aromatic rings. The van der Waals surface area contributed by atoms with Crippen molar-refractivity contribution < 1.29 is 113 Å². The van der Waals surface area contributed by atoms with Crippen molar-refractivity contribution in [1.82, 2.24) is 0 Å². The molecular weight excluding hydrogens is 801 g/mol. The number of ether oxygens (including phenoxy) is 6. The van der Waals surface area contributed by atoms with Gasteiger partial charge < -0.3 is 43.1 Å². The zero-order chi connectivity index (χ0) is 41.3. The molecule has 7 atom stereocenters. The number of esters is 6. The summed E-state index contributed by atoms with van der Waals surface area (Å²) in [5, 5.41) is 0. The van der Waals surface area contributed by atoms with Gasteiger partial charge in [-0.25, -0.2) is 27.3 Å². The van der Waals surface area contributed by atoms with Gasteiger partial charge in [-0.2, -0.15) is 0 Å². The Balaban J connectivity index is 4.08. The fourth-order valence-corrected chi connectivity index (χ4v) is 6.31. The van der Waals surface area contributed by atoms with Crippen LogP contribution >= 0.6 is 23.5 Å². The molecule has 3 N–H and O–H groups in total. The quantitative estimate of drug-likeness (QED) is 0.0542. The Morgan fingerprint density at radius 1 is 0.389 bits per heavy atom. The molecule has 24 nitrogen and oxygen atoms in total. The van der Waals surface area contributed by atoms with Crippen LogP contribution in [0.5, 0.6) is 0 Å². The molecule has 54 heavy (non-hydrogen) atoms. The summed E-state index contributed by atoms with van der Waals surface area (Å²) < 4.78 is 99.3. The molecule has 1 aliphatic carbocycles. The van der Waals surface area contributed by atoms with Gasteiger partial charge >= 0.3 is 59.3 Å². The lowest BCUT2D eigenvalue weighted by Gasteiger charge is -2.48. The van der Waals surface area contributed by atoms with Crippen molar-refractivity contribution in [1.29, 1.82) is 0 Å². The molecule has 0 amide bonds. The highest BCUT2D eigenvalue weighted by Crippen LogP contribution is 2.55. The number of phosphoric acid groups is 3. The van der Waals surface area contributed by atoms with Crippen molar-refractivity contribution in [3.63, 3.8) is 0 Å². The molecule has 7 unspecified atom stereocenters. The standard InChI is InChI=1S/C27H45O24P3/c1-7-16(28)40-13-43-52(34,35)49-25-23(47-20(32)11-5)22(46-19(31)10-4)24(48-21(33)12-6)26(50-53(36,37)44-14-41-17(29)8-2)27(25)51-54(38,39)45-15-42-18(30)9-3/h22-27H,7-15H2,1-6H3,(H,34,35)(H,36,37)(H,38,39). The van der Waals surface area contributed by atoms with E-state index >= 15 is 0 Å². The third kappa shape index (κ3) is 17.3. The maximum absolute atomic E-state index is 13.3. The van der Waals surface area contributed by atoms with Crippen LogP contribution in [0.3, 0.4) is 0 Å². The molecule has 0 radical (unpaired) electrons. The van der Waals surface area contributed by atoms with Gasteiger partial charge in [0.25, 0.3) is 0 Å². The topological polar surface area (TPSA) is 325 Å². The maximum Gasteiger partial charge on any atom is 0.475 e. The first-order valence-electron chi connectivity index (χ1n) is 16.2. The van der Waals surface area contributed by atoms with Gasteiger partial charge in [0.05, 0.1) is 0 Å². The summed E-state index contributed by atoms with van der Waals surface area (Å²) in [5.74, 6) is -6.16. The van der Waals surface area contributed by atoms with E-state index in [4.69, 9.17) is 27.8 Å². The van der Waals surface area contributed by atoms with Gasteiger partial charge in [-0.1, -0.05) is 41.5 Å². The van der Waals surface area contributed by atoms with Gasteiger partial charge in [0.2, 0.25) is 20.4 Å². The van der Waals surface area contributed by atoms with E-state index in [2.05, 4.69) is 27.8 Å². The predicted molar refractivity (Wildman–Crippen MR) is 172 cm³/mol. The first kappa shape index (κ1) is 49.2. The molecule has 312 valence electrons. The molecule has 1 saturated carbocycles. The van der Waals surface area contributed by atoms with Gasteiger partial charge in [0, 0.05) is 38.5 Å². The van der Waals surface area contributed by atoms with Crippen LogP contribution in [0.2, 0.25) is 0 Å². The molecule has 0 heterocycles. The lowest BCUT2D eigenvalue weighted by Crippen LogP contribution is -2.67. The van der Waals surface area contributed by atoms with Gasteiger partial charge in [-0.3, -0.25) is 42.3 Å². The van der Waals surface area contributed by atoms with Crippen molar-refractivity contribution in [2.24, 2.45) is 0 Å². The zero-order valence-corrected chi connectivity index (χ0v) is 32.8. The van der Waals surface area contributed by atoms with Crippen LogP contribution in [0.25, 0.3) is 0 Å². The summed E-state index contributed by atoms with van der Waals surface area (Å²) in [6, 6.07) is 0. The second kappa shape index (κ2) is 23.3. The molecule has 0 aromatic heterocycles. The summed E-state index contributed by atoms with van der Waals surface area (Å²) >= 11 is 0. The highest BCUT2D eigenvalue weighted by molar-refractivity contribution is 7.48. The Labute approximate surface area is 309 Å². The highest BCUT2D eigenvalue weighted by Gasteiger charge is 2.62. The minimum Gasteiger partial charge on any atom is -0.455 e. The smallest absolute Gasteiger partial charge is 0.455 e. The predicted octanol–water partition coefficient (Wildman–Crippen LogP) is 2.20. The number of phosphoric ester groups is 3. The summed E-state index contributed by atoms with van der Waals surface area (Å²) in [5.41, 5.74) is 0. The lowest BCUT2D eigenvalue weighted by molar-refractivity contribution is -0.242. The number of carbonyl (C=O) groups excluding carboxylic acids is 6. The van der Waals surface area contributed by atoms with Crippen molar-refractivity contribution in [3.8, 4) is 0 Å². The van der Waals surface area contributed by atoms with E-state index in [1.165, 1.54) is 41.5 Å². The van der Waals surface area contributed by atoms with Crippen LogP contribution in [0.1, 0.15) is 80.1 Å². The van der Waals surface area contributed by atoms with Crippen LogP contribution in [0, 0.1) is 0 Å². The Kier molecular flexibility index (Phi) is 21.2. The third-order valence-corrected chi connectivity index (χ3v) is 9.37. The number of rotatable bonds is 24. The molecule has 0 bridgehead atoms. The second-order valence-electron chi connectivity index (χ2n) is 10.4. The summed E-state index contributed by atoms with van der Waals surface area (Å²) in [7, 11) is -17.0. The highest BCUT2D eigenvalue weighted by atomic mass is 31.2. The van der Waals surface area contributed by atoms with E-state index in [0.29, 0.717) is 0 Å². The van der Waals surface area contributed by atoms with E-state index < -0.39 is 136 Å². The second-order valence-corrected chi connectivity index (χ2v) is 14.6. The van der Waals surface area contributed by atoms with E-state index in [0.717, 1.165) is 0 Å². The minimum absolute atomic E-state index is 0.199. The third-order valence-electron chi connectivity index (χ3n) is 6.55. The minimum atomic E-state index is -5.69. The average Bonchev–Trinajstić information content (AvgIpc) is 3.11. The summed E-state index contributed by atoms with van der Waals surface area (Å²) in [4.78, 5) is 105.